The second-order valence-electron chi connectivity index (χ2n) is 1.25. The molecule has 8 heavy (non-hydrogen) atoms. The second kappa shape index (κ2) is 1.56. The third-order valence-corrected chi connectivity index (χ3v) is 0.984. The molecule has 1 rings (SSSR count). The third kappa shape index (κ3) is 0.586. The van der Waals surface area contributed by atoms with Gasteiger partial charge >= 0.3 is 0 Å². The molecule has 0 atom stereocenters. The van der Waals surface area contributed by atoms with Crippen molar-refractivity contribution in [2.24, 2.45) is 0 Å². The van der Waals surface area contributed by atoms with Crippen LogP contribution < -0.4 is 11.5 Å². The summed E-state index contributed by atoms with van der Waals surface area (Å²) in [7, 11) is 0. The summed E-state index contributed by atoms with van der Waals surface area (Å²) in [5.74, 6) is 0.0648. The zero-order valence-electron chi connectivity index (χ0n) is 3.89. The van der Waals surface area contributed by atoms with Crippen LogP contribution in [0.15, 0.2) is 4.52 Å². The molecule has 0 aliphatic rings. The molecule has 0 aliphatic heterocycles. The fourth-order valence-corrected chi connectivity index (χ4v) is 0.417. The summed E-state index contributed by atoms with van der Waals surface area (Å²) in [4.78, 5) is 0. The molecule has 0 saturated heterocycles. The van der Waals surface area contributed by atoms with E-state index in [0.29, 0.717) is 0 Å². The predicted octanol–water partition coefficient (Wildman–Crippen LogP) is 0.492. The Bertz CT molecular complexity index is 177. The first-order chi connectivity index (χ1) is 3.72. The fourth-order valence-electron chi connectivity index (χ4n) is 0.289. The quantitative estimate of drug-likeness (QED) is 0.540. The van der Waals surface area contributed by atoms with Crippen LogP contribution in [0.5, 0.6) is 0 Å². The van der Waals surface area contributed by atoms with Gasteiger partial charge in [0.2, 0.25) is 5.88 Å². The molecule has 0 unspecified atom stereocenters. The summed E-state index contributed by atoms with van der Waals surface area (Å²) in [6, 6.07) is 0. The number of nitrogens with two attached hydrogens (primary N) is 2. The maximum atomic E-state index is 5.32. The molecule has 0 spiro atoms. The Hall–Kier alpha value is -0.900. The van der Waals surface area contributed by atoms with Gasteiger partial charge in [-0.1, -0.05) is 16.8 Å². The van der Waals surface area contributed by atoms with Crippen LogP contribution in [0.25, 0.3) is 0 Å². The lowest BCUT2D eigenvalue weighted by Gasteiger charge is -1.80. The molecule has 0 bridgehead atoms. The summed E-state index contributed by atoms with van der Waals surface area (Å²) < 4.78 is 4.37. The van der Waals surface area contributed by atoms with Crippen LogP contribution >= 0.6 is 11.6 Å². The second-order valence-corrected chi connectivity index (χ2v) is 1.61. The van der Waals surface area contributed by atoms with Crippen molar-refractivity contribution in [3.8, 4) is 0 Å². The minimum Gasteiger partial charge on any atom is -0.392 e. The maximum Gasteiger partial charge on any atom is 0.246 e. The largest absolute Gasteiger partial charge is 0.392 e. The molecule has 1 aromatic rings. The normalized spacial score (nSPS) is 9.62. The molecule has 0 radical (unpaired) electrons. The van der Waals surface area contributed by atoms with Crippen molar-refractivity contribution in [1.82, 2.24) is 5.16 Å². The monoisotopic (exact) mass is 133 g/mol. The Morgan fingerprint density at radius 1 is 1.50 bits per heavy atom. The first-order valence-electron chi connectivity index (χ1n) is 1.88. The summed E-state index contributed by atoms with van der Waals surface area (Å²) in [6.07, 6.45) is 0. The van der Waals surface area contributed by atoms with Crippen molar-refractivity contribution in [2.45, 2.75) is 0 Å². The van der Waals surface area contributed by atoms with Crippen molar-refractivity contribution in [2.75, 3.05) is 11.5 Å². The van der Waals surface area contributed by atoms with Crippen LogP contribution in [0.1, 0.15) is 0 Å². The SMILES string of the molecule is Nc1onc(Cl)c1N. The molecule has 4 nitrogen and oxygen atoms in total. The number of hydrogen-bond acceptors (Lipinski definition) is 4. The fraction of sp³-hybridized carbons (Fsp3) is 0. The van der Waals surface area contributed by atoms with Crippen LogP contribution in [-0.2, 0) is 0 Å². The number of anilines is 2. The highest BCUT2D eigenvalue weighted by Crippen LogP contribution is 2.22. The van der Waals surface area contributed by atoms with Gasteiger partial charge in [0, 0.05) is 0 Å². The maximum absolute atomic E-state index is 5.32. The molecule has 1 heterocycles. The van der Waals surface area contributed by atoms with Crippen molar-refractivity contribution in [3.05, 3.63) is 5.15 Å². The lowest BCUT2D eigenvalue weighted by atomic mass is 10.6. The Morgan fingerprint density at radius 3 is 2.25 bits per heavy atom. The van der Waals surface area contributed by atoms with Gasteiger partial charge in [0.05, 0.1) is 0 Å². The van der Waals surface area contributed by atoms with Crippen molar-refractivity contribution in [1.29, 1.82) is 0 Å². The molecular weight excluding hydrogens is 130 g/mol. The zero-order valence-corrected chi connectivity index (χ0v) is 4.64. The van der Waals surface area contributed by atoms with Crippen LogP contribution in [0.4, 0.5) is 11.6 Å². The Labute approximate surface area is 50.4 Å². The van der Waals surface area contributed by atoms with E-state index in [1.54, 1.807) is 0 Å². The van der Waals surface area contributed by atoms with Crippen LogP contribution in [0, 0.1) is 0 Å². The topological polar surface area (TPSA) is 78.1 Å². The molecule has 0 aromatic carbocycles. The molecule has 44 valence electrons. The number of nitrogens with zero attached hydrogens (tertiary/aromatic N) is 1. The minimum atomic E-state index is 0.0648. The highest BCUT2D eigenvalue weighted by Gasteiger charge is 2.04. The average molecular weight is 134 g/mol. The smallest absolute Gasteiger partial charge is 0.246 e. The van der Waals surface area contributed by atoms with E-state index in [1.165, 1.54) is 0 Å². The molecule has 1 aromatic heterocycles. The number of rotatable bonds is 0. The molecule has 0 aliphatic carbocycles. The van der Waals surface area contributed by atoms with Gasteiger partial charge in [-0.3, -0.25) is 0 Å². The van der Waals surface area contributed by atoms with E-state index in [2.05, 4.69) is 9.68 Å². The number of nitrogen functional groups attached to an aromatic ring is 2. The molecule has 0 saturated carbocycles. The van der Waals surface area contributed by atoms with E-state index in [9.17, 15) is 0 Å². The summed E-state index contributed by atoms with van der Waals surface area (Å²) in [5, 5.41) is 3.37. The van der Waals surface area contributed by atoms with E-state index >= 15 is 0 Å². The van der Waals surface area contributed by atoms with Crippen molar-refractivity contribution < 1.29 is 4.52 Å². The molecule has 0 amide bonds. The predicted molar refractivity (Wildman–Crippen MR) is 30.3 cm³/mol. The van der Waals surface area contributed by atoms with Gasteiger partial charge in [-0.15, -0.1) is 0 Å². The van der Waals surface area contributed by atoms with E-state index in [-0.39, 0.29) is 16.7 Å². The minimum absolute atomic E-state index is 0.0648. The molecule has 0 fully saturated rings. The highest BCUT2D eigenvalue weighted by atomic mass is 35.5. The van der Waals surface area contributed by atoms with Crippen molar-refractivity contribution in [3.63, 3.8) is 0 Å². The molecule has 5 heteroatoms. The van der Waals surface area contributed by atoms with E-state index in [4.69, 9.17) is 23.1 Å². The van der Waals surface area contributed by atoms with Gasteiger partial charge in [0.15, 0.2) is 5.15 Å². The van der Waals surface area contributed by atoms with Gasteiger partial charge in [0.25, 0.3) is 0 Å². The Kier molecular flexibility index (Phi) is 1.02. The third-order valence-electron chi connectivity index (χ3n) is 0.712. The lowest BCUT2D eigenvalue weighted by molar-refractivity contribution is 0.437. The van der Waals surface area contributed by atoms with Crippen LogP contribution in [0.2, 0.25) is 5.15 Å². The molecule has 4 N–H and O–H groups in total. The number of aromatic nitrogens is 1. The summed E-state index contributed by atoms with van der Waals surface area (Å²) in [6.45, 7) is 0. The average Bonchev–Trinajstić information content (AvgIpc) is 1.98. The Balaban J connectivity index is 3.19. The van der Waals surface area contributed by atoms with E-state index < -0.39 is 0 Å². The van der Waals surface area contributed by atoms with Crippen LogP contribution in [0.3, 0.4) is 0 Å². The van der Waals surface area contributed by atoms with Crippen LogP contribution in [-0.4, -0.2) is 5.16 Å². The standard InChI is InChI=1S/C3H4ClN3O/c4-2-1(5)3(6)8-7-2/h5-6H2. The number of halogens is 1. The first kappa shape index (κ1) is 5.24. The van der Waals surface area contributed by atoms with Crippen molar-refractivity contribution >= 4 is 23.2 Å². The van der Waals surface area contributed by atoms with Gasteiger partial charge in [-0.2, -0.15) is 0 Å². The van der Waals surface area contributed by atoms with Gasteiger partial charge in [-0.25, -0.2) is 0 Å². The summed E-state index contributed by atoms with van der Waals surface area (Å²) >= 11 is 5.32. The first-order valence-corrected chi connectivity index (χ1v) is 2.25. The number of hydrogen-bond donors (Lipinski definition) is 2. The van der Waals surface area contributed by atoms with Gasteiger partial charge in [-0.05, 0) is 0 Å². The zero-order chi connectivity index (χ0) is 6.15. The van der Waals surface area contributed by atoms with E-state index in [1.807, 2.05) is 0 Å². The van der Waals surface area contributed by atoms with E-state index in [0.717, 1.165) is 0 Å². The highest BCUT2D eigenvalue weighted by molar-refractivity contribution is 6.32. The van der Waals surface area contributed by atoms with Gasteiger partial charge in [0.1, 0.15) is 5.69 Å². The summed E-state index contributed by atoms with van der Waals surface area (Å²) in [5.41, 5.74) is 10.5. The molecular formula is C3H4ClN3O. The Morgan fingerprint density at radius 2 is 2.12 bits per heavy atom. The lowest BCUT2D eigenvalue weighted by Crippen LogP contribution is -1.88. The van der Waals surface area contributed by atoms with Gasteiger partial charge < -0.3 is 16.0 Å².